The minimum Gasteiger partial charge on any atom is -0.279 e. The number of unbranched alkanes of at least 4 members (excludes halogenated alkanes) is 2. The van der Waals surface area contributed by atoms with E-state index in [-0.39, 0.29) is 16.9 Å². The number of rotatable bonds is 5. The molecule has 126 valence electrons. The van der Waals surface area contributed by atoms with Crippen molar-refractivity contribution in [1.29, 1.82) is 0 Å². The monoisotopic (exact) mass is 326 g/mol. The fraction of sp³-hybridized carbons (Fsp3) is 0.389. The van der Waals surface area contributed by atoms with Crippen LogP contribution >= 0.6 is 0 Å². The summed E-state index contributed by atoms with van der Waals surface area (Å²) >= 11 is 0. The van der Waals surface area contributed by atoms with E-state index in [2.05, 4.69) is 12.0 Å². The normalized spacial score (nSPS) is 11.3. The molecule has 6 nitrogen and oxygen atoms in total. The zero-order chi connectivity index (χ0) is 17.3. The van der Waals surface area contributed by atoms with Crippen LogP contribution in [-0.2, 0) is 6.54 Å². The zero-order valence-electron chi connectivity index (χ0n) is 14.3. The number of aromatic nitrogens is 4. The summed E-state index contributed by atoms with van der Waals surface area (Å²) in [7, 11) is 0. The second kappa shape index (κ2) is 6.47. The van der Waals surface area contributed by atoms with Crippen LogP contribution in [0, 0.1) is 13.8 Å². The fourth-order valence-electron chi connectivity index (χ4n) is 2.85. The Morgan fingerprint density at radius 1 is 1.08 bits per heavy atom. The highest BCUT2D eigenvalue weighted by Crippen LogP contribution is 2.15. The van der Waals surface area contributed by atoms with E-state index >= 15 is 0 Å². The smallest absolute Gasteiger partial charge is 0.279 e. The van der Waals surface area contributed by atoms with Crippen LogP contribution in [0.25, 0.3) is 11.3 Å². The molecule has 0 unspecified atom stereocenters. The van der Waals surface area contributed by atoms with Crippen LogP contribution in [0.3, 0.4) is 0 Å². The third-order valence-corrected chi connectivity index (χ3v) is 4.45. The van der Waals surface area contributed by atoms with E-state index in [0.29, 0.717) is 6.54 Å². The molecule has 0 atom stereocenters. The van der Waals surface area contributed by atoms with Gasteiger partial charge in [-0.1, -0.05) is 31.9 Å². The zero-order valence-corrected chi connectivity index (χ0v) is 14.3. The van der Waals surface area contributed by atoms with Crippen LogP contribution in [0.15, 0.2) is 40.2 Å². The van der Waals surface area contributed by atoms with Crippen molar-refractivity contribution >= 4 is 5.65 Å². The predicted octanol–water partition coefficient (Wildman–Crippen LogP) is 2.45. The average molecular weight is 326 g/mol. The Balaban J connectivity index is 2.13. The minimum atomic E-state index is -0.280. The van der Waals surface area contributed by atoms with E-state index in [4.69, 9.17) is 0 Å². The third-order valence-electron chi connectivity index (χ3n) is 4.45. The second-order valence-corrected chi connectivity index (χ2v) is 6.10. The Kier molecular flexibility index (Phi) is 4.38. The quantitative estimate of drug-likeness (QED) is 0.677. The van der Waals surface area contributed by atoms with Crippen LogP contribution in [0.2, 0.25) is 0 Å². The summed E-state index contributed by atoms with van der Waals surface area (Å²) in [5.74, 6) is 0. The van der Waals surface area contributed by atoms with Crippen molar-refractivity contribution < 1.29 is 0 Å². The topological polar surface area (TPSA) is 61.3 Å². The molecule has 24 heavy (non-hydrogen) atoms. The number of aryl methyl sites for hydroxylation is 2. The van der Waals surface area contributed by atoms with Crippen molar-refractivity contribution in [2.45, 2.75) is 46.6 Å². The van der Waals surface area contributed by atoms with Gasteiger partial charge in [-0.25, -0.2) is 13.9 Å². The lowest BCUT2D eigenvalue weighted by Gasteiger charge is -2.10. The van der Waals surface area contributed by atoms with Crippen LogP contribution in [0.4, 0.5) is 0 Å². The van der Waals surface area contributed by atoms with Gasteiger partial charge in [0.05, 0.1) is 5.69 Å². The van der Waals surface area contributed by atoms with Crippen LogP contribution in [-0.4, -0.2) is 18.7 Å². The van der Waals surface area contributed by atoms with Crippen LogP contribution < -0.4 is 11.2 Å². The number of hydrogen-bond donors (Lipinski definition) is 0. The first-order valence-corrected chi connectivity index (χ1v) is 8.32. The van der Waals surface area contributed by atoms with Gasteiger partial charge in [0, 0.05) is 18.9 Å². The standard InChI is InChI=1S/C18H22N4O2/c1-4-5-6-10-22-18(24)21-12-11-20(17(23)16(21)19-22)15-9-7-8-13(2)14(15)3/h7-9,11-12H,4-6,10H2,1-3H3. The van der Waals surface area contributed by atoms with Gasteiger partial charge in [0.15, 0.2) is 0 Å². The van der Waals surface area contributed by atoms with Gasteiger partial charge in [0.25, 0.3) is 0 Å². The lowest BCUT2D eigenvalue weighted by Crippen LogP contribution is -2.24. The van der Waals surface area contributed by atoms with Crippen molar-refractivity contribution in [2.24, 2.45) is 0 Å². The Morgan fingerprint density at radius 3 is 2.62 bits per heavy atom. The molecular weight excluding hydrogens is 304 g/mol. The minimum absolute atomic E-state index is 0.167. The Morgan fingerprint density at radius 2 is 1.88 bits per heavy atom. The van der Waals surface area contributed by atoms with Crippen molar-refractivity contribution in [1.82, 2.24) is 18.7 Å². The summed E-state index contributed by atoms with van der Waals surface area (Å²) in [6.07, 6.45) is 6.24. The molecule has 0 amide bonds. The highest BCUT2D eigenvalue weighted by atomic mass is 16.2. The molecule has 0 aliphatic rings. The SMILES string of the molecule is CCCCCn1nc2c(=O)n(-c3cccc(C)c3C)ccn2c1=O. The molecule has 3 rings (SSSR count). The molecule has 0 N–H and O–H groups in total. The first kappa shape index (κ1) is 16.2. The van der Waals surface area contributed by atoms with E-state index in [9.17, 15) is 9.59 Å². The van der Waals surface area contributed by atoms with Gasteiger partial charge >= 0.3 is 11.2 Å². The van der Waals surface area contributed by atoms with Crippen molar-refractivity contribution in [3.05, 3.63) is 62.6 Å². The maximum atomic E-state index is 12.8. The summed E-state index contributed by atoms with van der Waals surface area (Å²) in [5.41, 5.74) is 2.59. The lowest BCUT2D eigenvalue weighted by atomic mass is 10.1. The Bertz CT molecular complexity index is 994. The molecule has 2 heterocycles. The molecule has 0 aliphatic heterocycles. The summed E-state index contributed by atoms with van der Waals surface area (Å²) in [5, 5.41) is 4.26. The highest BCUT2D eigenvalue weighted by molar-refractivity contribution is 5.47. The molecule has 3 aromatic rings. The fourth-order valence-corrected chi connectivity index (χ4v) is 2.85. The van der Waals surface area contributed by atoms with Gasteiger partial charge in [0.1, 0.15) is 0 Å². The summed E-state index contributed by atoms with van der Waals surface area (Å²) in [6, 6.07) is 5.83. The molecule has 0 aliphatic carbocycles. The molecular formula is C18H22N4O2. The lowest BCUT2D eigenvalue weighted by molar-refractivity contribution is 0.538. The second-order valence-electron chi connectivity index (χ2n) is 6.10. The molecule has 2 aromatic heterocycles. The van der Waals surface area contributed by atoms with E-state index in [1.807, 2.05) is 32.0 Å². The van der Waals surface area contributed by atoms with Crippen LogP contribution in [0.5, 0.6) is 0 Å². The first-order valence-electron chi connectivity index (χ1n) is 8.32. The molecule has 0 spiro atoms. The highest BCUT2D eigenvalue weighted by Gasteiger charge is 2.13. The van der Waals surface area contributed by atoms with Crippen molar-refractivity contribution in [3.8, 4) is 5.69 Å². The van der Waals surface area contributed by atoms with E-state index in [0.717, 1.165) is 36.1 Å². The van der Waals surface area contributed by atoms with Crippen LogP contribution in [0.1, 0.15) is 37.3 Å². The van der Waals surface area contributed by atoms with E-state index < -0.39 is 0 Å². The molecule has 0 saturated carbocycles. The maximum absolute atomic E-state index is 12.8. The van der Waals surface area contributed by atoms with Gasteiger partial charge in [-0.05, 0) is 37.5 Å². The predicted molar refractivity (Wildman–Crippen MR) is 94.0 cm³/mol. The van der Waals surface area contributed by atoms with E-state index in [1.165, 1.54) is 9.08 Å². The van der Waals surface area contributed by atoms with Gasteiger partial charge in [-0.15, -0.1) is 5.10 Å². The van der Waals surface area contributed by atoms with Crippen molar-refractivity contribution in [3.63, 3.8) is 0 Å². The average Bonchev–Trinajstić information content (AvgIpc) is 2.89. The number of hydrogen-bond acceptors (Lipinski definition) is 3. The summed E-state index contributed by atoms with van der Waals surface area (Å²) in [6.45, 7) is 6.64. The van der Waals surface area contributed by atoms with Gasteiger partial charge in [-0.2, -0.15) is 0 Å². The van der Waals surface area contributed by atoms with Gasteiger partial charge in [-0.3, -0.25) is 9.36 Å². The molecule has 0 radical (unpaired) electrons. The van der Waals surface area contributed by atoms with Gasteiger partial charge < -0.3 is 0 Å². The molecule has 0 bridgehead atoms. The summed E-state index contributed by atoms with van der Waals surface area (Å²) < 4.78 is 4.27. The Labute approximate surface area is 140 Å². The van der Waals surface area contributed by atoms with E-state index in [1.54, 1.807) is 17.0 Å². The molecule has 0 saturated heterocycles. The molecule has 6 heteroatoms. The number of benzene rings is 1. The largest absolute Gasteiger partial charge is 0.350 e. The Hall–Kier alpha value is -2.63. The summed E-state index contributed by atoms with van der Waals surface area (Å²) in [4.78, 5) is 25.2. The van der Waals surface area contributed by atoms with Gasteiger partial charge in [0.2, 0.25) is 5.65 Å². The molecule has 0 fully saturated rings. The molecule has 1 aromatic carbocycles. The third kappa shape index (κ3) is 2.68. The van der Waals surface area contributed by atoms with Crippen molar-refractivity contribution in [2.75, 3.05) is 0 Å². The first-order chi connectivity index (χ1) is 11.5. The maximum Gasteiger partial charge on any atom is 0.350 e. The number of fused-ring (bicyclic) bond motifs is 1. The number of nitrogens with zero attached hydrogens (tertiary/aromatic N) is 4.